The van der Waals surface area contributed by atoms with Gasteiger partial charge in [-0.3, -0.25) is 25.2 Å². The Balaban J connectivity index is 1.57. The summed E-state index contributed by atoms with van der Waals surface area (Å²) in [5.74, 6) is -0.958. The summed E-state index contributed by atoms with van der Waals surface area (Å²) in [4.78, 5) is 37.2. The van der Waals surface area contributed by atoms with Gasteiger partial charge in [0.2, 0.25) is 0 Å². The minimum atomic E-state index is -0.935. The number of carbonyl (C=O) groups excluding carboxylic acids is 3. The molecule has 8 nitrogen and oxygen atoms in total. The molecule has 2 aromatic carbocycles. The maximum Gasteiger partial charge on any atom is 0.287 e. The summed E-state index contributed by atoms with van der Waals surface area (Å²) in [6.07, 6.45) is 1.60. The molecule has 1 unspecified atom stereocenters. The number of nitrogens with one attached hydrogen (secondary N) is 3. The van der Waals surface area contributed by atoms with Crippen LogP contribution in [0.15, 0.2) is 71.3 Å². The van der Waals surface area contributed by atoms with Crippen molar-refractivity contribution in [1.29, 1.82) is 0 Å². The summed E-state index contributed by atoms with van der Waals surface area (Å²) in [6, 6.07) is 17.1. The number of furan rings is 1. The highest BCUT2D eigenvalue weighted by Crippen LogP contribution is 2.18. The summed E-state index contributed by atoms with van der Waals surface area (Å²) in [7, 11) is 0. The van der Waals surface area contributed by atoms with Crippen molar-refractivity contribution in [3.05, 3.63) is 89.4 Å². The van der Waals surface area contributed by atoms with Crippen molar-refractivity contribution in [3.8, 4) is 5.75 Å². The van der Waals surface area contributed by atoms with E-state index < -0.39 is 23.8 Å². The van der Waals surface area contributed by atoms with E-state index in [1.54, 1.807) is 6.07 Å². The summed E-state index contributed by atoms with van der Waals surface area (Å²) >= 11 is 0. The molecule has 0 saturated carbocycles. The molecule has 1 atom stereocenters. The fourth-order valence-electron chi connectivity index (χ4n) is 2.96. The van der Waals surface area contributed by atoms with Crippen LogP contribution in [0.3, 0.4) is 0 Å². The van der Waals surface area contributed by atoms with Gasteiger partial charge in [0.05, 0.1) is 6.26 Å². The first-order chi connectivity index (χ1) is 15.4. The van der Waals surface area contributed by atoms with Crippen molar-refractivity contribution < 1.29 is 23.5 Å². The Kier molecular flexibility index (Phi) is 7.64. The SMILES string of the molecule is Cc1ccc(C)c(OCC(=O)NNC(=O)C(Cc2ccccc2)NC(=O)c2ccco2)c1. The quantitative estimate of drug-likeness (QED) is 0.471. The summed E-state index contributed by atoms with van der Waals surface area (Å²) < 4.78 is 10.6. The number of hydrogen-bond acceptors (Lipinski definition) is 5. The first-order valence-electron chi connectivity index (χ1n) is 10.1. The van der Waals surface area contributed by atoms with Crippen molar-refractivity contribution in [2.45, 2.75) is 26.3 Å². The van der Waals surface area contributed by atoms with Gasteiger partial charge in [0.15, 0.2) is 12.4 Å². The Morgan fingerprint density at radius 3 is 2.47 bits per heavy atom. The smallest absolute Gasteiger partial charge is 0.287 e. The van der Waals surface area contributed by atoms with Crippen molar-refractivity contribution >= 4 is 17.7 Å². The van der Waals surface area contributed by atoms with Gasteiger partial charge in [0.25, 0.3) is 17.7 Å². The van der Waals surface area contributed by atoms with Gasteiger partial charge in [-0.15, -0.1) is 0 Å². The molecule has 3 rings (SSSR count). The number of hydrazine groups is 1. The van der Waals surface area contributed by atoms with E-state index in [0.29, 0.717) is 5.75 Å². The minimum Gasteiger partial charge on any atom is -0.483 e. The molecule has 0 aliphatic heterocycles. The molecular formula is C24H25N3O5. The minimum absolute atomic E-state index is 0.0850. The number of rotatable bonds is 8. The van der Waals surface area contributed by atoms with Gasteiger partial charge in [0.1, 0.15) is 11.8 Å². The lowest BCUT2D eigenvalue weighted by Crippen LogP contribution is -2.53. The van der Waals surface area contributed by atoms with Crippen LogP contribution in [0, 0.1) is 13.8 Å². The number of benzene rings is 2. The van der Waals surface area contributed by atoms with Crippen LogP contribution in [0.2, 0.25) is 0 Å². The van der Waals surface area contributed by atoms with Crippen LogP contribution in [0.5, 0.6) is 5.75 Å². The fourth-order valence-corrected chi connectivity index (χ4v) is 2.96. The highest BCUT2D eigenvalue weighted by atomic mass is 16.5. The molecule has 1 aromatic heterocycles. The maximum absolute atomic E-state index is 12.7. The van der Waals surface area contributed by atoms with Crippen LogP contribution >= 0.6 is 0 Å². The predicted molar refractivity (Wildman–Crippen MR) is 118 cm³/mol. The molecule has 0 saturated heterocycles. The first-order valence-corrected chi connectivity index (χ1v) is 10.1. The van der Waals surface area contributed by atoms with Crippen LogP contribution in [0.25, 0.3) is 0 Å². The highest BCUT2D eigenvalue weighted by Gasteiger charge is 2.23. The normalized spacial score (nSPS) is 11.3. The van der Waals surface area contributed by atoms with Crippen molar-refractivity contribution in [1.82, 2.24) is 16.2 Å². The molecule has 3 amide bonds. The molecule has 1 heterocycles. The number of amides is 3. The molecular weight excluding hydrogens is 410 g/mol. The van der Waals surface area contributed by atoms with Crippen molar-refractivity contribution in [3.63, 3.8) is 0 Å². The number of aryl methyl sites for hydroxylation is 2. The third kappa shape index (κ3) is 6.46. The second-order valence-electron chi connectivity index (χ2n) is 7.29. The van der Waals surface area contributed by atoms with E-state index in [-0.39, 0.29) is 18.8 Å². The molecule has 0 bridgehead atoms. The van der Waals surface area contributed by atoms with E-state index >= 15 is 0 Å². The van der Waals surface area contributed by atoms with E-state index in [1.807, 2.05) is 62.4 Å². The summed E-state index contributed by atoms with van der Waals surface area (Å²) in [6.45, 7) is 3.54. The monoisotopic (exact) mass is 435 g/mol. The van der Waals surface area contributed by atoms with Crippen LogP contribution in [0.1, 0.15) is 27.2 Å². The second kappa shape index (κ2) is 10.8. The standard InChI is InChI=1S/C24H25N3O5/c1-16-10-11-17(2)21(13-16)32-15-22(28)26-27-23(29)19(14-18-7-4-3-5-8-18)25-24(30)20-9-6-12-31-20/h3-13,19H,14-15H2,1-2H3,(H,25,30)(H,26,28)(H,27,29). The molecule has 0 fully saturated rings. The lowest BCUT2D eigenvalue weighted by molar-refractivity contribution is -0.130. The van der Waals surface area contributed by atoms with Crippen molar-refractivity contribution in [2.24, 2.45) is 0 Å². The predicted octanol–water partition coefficient (Wildman–Crippen LogP) is 2.46. The van der Waals surface area contributed by atoms with Gasteiger partial charge < -0.3 is 14.5 Å². The van der Waals surface area contributed by atoms with E-state index in [4.69, 9.17) is 9.15 Å². The van der Waals surface area contributed by atoms with Crippen LogP contribution < -0.4 is 20.9 Å². The molecule has 0 radical (unpaired) electrons. The van der Waals surface area contributed by atoms with E-state index in [2.05, 4.69) is 16.2 Å². The van der Waals surface area contributed by atoms with Gasteiger partial charge in [-0.1, -0.05) is 42.5 Å². The summed E-state index contributed by atoms with van der Waals surface area (Å²) in [5.41, 5.74) is 7.43. The van der Waals surface area contributed by atoms with Crippen LogP contribution in [-0.2, 0) is 16.0 Å². The number of hydrogen-bond donors (Lipinski definition) is 3. The lowest BCUT2D eigenvalue weighted by Gasteiger charge is -2.18. The van der Waals surface area contributed by atoms with Gasteiger partial charge >= 0.3 is 0 Å². The maximum atomic E-state index is 12.7. The molecule has 32 heavy (non-hydrogen) atoms. The lowest BCUT2D eigenvalue weighted by atomic mass is 10.1. The van der Waals surface area contributed by atoms with Gasteiger partial charge in [-0.2, -0.15) is 0 Å². The van der Waals surface area contributed by atoms with E-state index in [0.717, 1.165) is 16.7 Å². The largest absolute Gasteiger partial charge is 0.483 e. The zero-order valence-corrected chi connectivity index (χ0v) is 17.9. The zero-order chi connectivity index (χ0) is 22.9. The second-order valence-corrected chi connectivity index (χ2v) is 7.29. The Morgan fingerprint density at radius 2 is 1.75 bits per heavy atom. The third-order valence-electron chi connectivity index (χ3n) is 4.68. The first kappa shape index (κ1) is 22.6. The van der Waals surface area contributed by atoms with E-state index in [1.165, 1.54) is 12.3 Å². The molecule has 0 aliphatic carbocycles. The van der Waals surface area contributed by atoms with E-state index in [9.17, 15) is 14.4 Å². The molecule has 0 aliphatic rings. The Morgan fingerprint density at radius 1 is 0.969 bits per heavy atom. The van der Waals surface area contributed by atoms with Gasteiger partial charge in [-0.25, -0.2) is 0 Å². The molecule has 3 aromatic rings. The molecule has 8 heteroatoms. The molecule has 166 valence electrons. The van der Waals surface area contributed by atoms with Crippen LogP contribution in [0.4, 0.5) is 0 Å². The highest BCUT2D eigenvalue weighted by molar-refractivity contribution is 5.96. The van der Waals surface area contributed by atoms with Gasteiger partial charge in [0, 0.05) is 6.42 Å². The average Bonchev–Trinajstić information content (AvgIpc) is 3.33. The van der Waals surface area contributed by atoms with Crippen LogP contribution in [-0.4, -0.2) is 30.4 Å². The molecule has 0 spiro atoms. The van der Waals surface area contributed by atoms with Gasteiger partial charge in [-0.05, 0) is 48.7 Å². The average molecular weight is 435 g/mol. The Bertz CT molecular complexity index is 1060. The topological polar surface area (TPSA) is 110 Å². The Labute approximate surface area is 185 Å². The molecule has 3 N–H and O–H groups in total. The number of carbonyl (C=O) groups is 3. The number of ether oxygens (including phenoxy) is 1. The fraction of sp³-hybridized carbons (Fsp3) is 0.208. The van der Waals surface area contributed by atoms with Crippen molar-refractivity contribution in [2.75, 3.05) is 6.61 Å². The zero-order valence-electron chi connectivity index (χ0n) is 17.9. The summed E-state index contributed by atoms with van der Waals surface area (Å²) in [5, 5.41) is 2.64. The third-order valence-corrected chi connectivity index (χ3v) is 4.68. The Hall–Kier alpha value is -4.07.